The summed E-state index contributed by atoms with van der Waals surface area (Å²) in [6, 6.07) is 15.1. The second kappa shape index (κ2) is 9.02. The molecule has 2 fully saturated rings. The Morgan fingerprint density at radius 3 is 2.71 bits per heavy atom. The summed E-state index contributed by atoms with van der Waals surface area (Å²) in [7, 11) is 0. The van der Waals surface area contributed by atoms with Crippen molar-refractivity contribution in [1.82, 2.24) is 14.5 Å². The van der Waals surface area contributed by atoms with Crippen molar-refractivity contribution in [3.63, 3.8) is 0 Å². The summed E-state index contributed by atoms with van der Waals surface area (Å²) in [5, 5.41) is 13.2. The number of aromatic nitrogens is 2. The number of aromatic carboxylic acids is 1. The molecule has 0 unspecified atom stereocenters. The largest absolute Gasteiger partial charge is 0.478 e. The van der Waals surface area contributed by atoms with Crippen LogP contribution in [0.1, 0.15) is 59.4 Å². The van der Waals surface area contributed by atoms with E-state index in [-0.39, 0.29) is 35.9 Å². The summed E-state index contributed by atoms with van der Waals surface area (Å²) >= 11 is 12.7. The van der Waals surface area contributed by atoms with Gasteiger partial charge in [0.1, 0.15) is 17.2 Å². The number of rotatable bonds is 4. The number of imidazole rings is 1. The lowest BCUT2D eigenvalue weighted by Gasteiger charge is -2.40. The summed E-state index contributed by atoms with van der Waals surface area (Å²) < 4.78 is 18.1. The lowest BCUT2D eigenvalue weighted by molar-refractivity contribution is -0.128. The molecule has 2 N–H and O–H groups in total. The highest BCUT2D eigenvalue weighted by Gasteiger charge is 2.69. The number of hydrogen-bond donors (Lipinski definition) is 2. The first-order valence-corrected chi connectivity index (χ1v) is 14.1. The molecular weight excluding hydrogens is 566 g/mol. The summed E-state index contributed by atoms with van der Waals surface area (Å²) in [5.74, 6) is -1.60. The number of benzene rings is 3. The fraction of sp³-hybridized carbons (Fsp3) is 0.323. The standard InChI is InChI=1S/C30H23Cl2FN4O3.CH4/c31-16-7-8-18-21(11-16)35-29(40)30(18)25(17-2-1-3-19(32)26(17)33)24-23(37(30)12-14-4-5-14)13-36-22-10-15(28(38)39)6-9-20(22)34-27(24)36;/h1-3,6-11,14,23-25H,4-5,12-13H2,(H,35,40)(H,38,39);1H4/t23-,24+,25-,30+;/m0./s1. The molecule has 1 aliphatic carbocycles. The Hall–Kier alpha value is -3.46. The number of amides is 1. The van der Waals surface area contributed by atoms with Crippen LogP contribution in [-0.2, 0) is 16.9 Å². The van der Waals surface area contributed by atoms with Crippen LogP contribution in [0.4, 0.5) is 10.1 Å². The van der Waals surface area contributed by atoms with Gasteiger partial charge in [0.2, 0.25) is 5.91 Å². The summed E-state index contributed by atoms with van der Waals surface area (Å²) in [5.41, 5.74) is 2.14. The second-order valence-electron chi connectivity index (χ2n) is 11.3. The molecule has 0 bridgehead atoms. The topological polar surface area (TPSA) is 87.5 Å². The van der Waals surface area contributed by atoms with Crippen LogP contribution < -0.4 is 5.32 Å². The van der Waals surface area contributed by atoms with Crippen LogP contribution in [0.5, 0.6) is 0 Å². The highest BCUT2D eigenvalue weighted by molar-refractivity contribution is 6.31. The van der Waals surface area contributed by atoms with Gasteiger partial charge in [-0.3, -0.25) is 9.69 Å². The second-order valence-corrected chi connectivity index (χ2v) is 12.2. The molecule has 1 saturated carbocycles. The maximum absolute atomic E-state index is 16.0. The third-order valence-electron chi connectivity index (χ3n) is 9.22. The van der Waals surface area contributed by atoms with Gasteiger partial charge in [-0.25, -0.2) is 14.2 Å². The number of halogens is 3. The highest BCUT2D eigenvalue weighted by Crippen LogP contribution is 2.65. The van der Waals surface area contributed by atoms with Gasteiger partial charge in [0.05, 0.1) is 21.6 Å². The molecule has 41 heavy (non-hydrogen) atoms. The van der Waals surface area contributed by atoms with Crippen LogP contribution in [0.15, 0.2) is 54.6 Å². The summed E-state index contributed by atoms with van der Waals surface area (Å²) in [6.45, 7) is 1.18. The van der Waals surface area contributed by atoms with Crippen molar-refractivity contribution >= 4 is 51.8 Å². The molecular formula is C31H27Cl2FN4O3. The van der Waals surface area contributed by atoms with Crippen LogP contribution >= 0.6 is 23.2 Å². The lowest BCUT2D eigenvalue weighted by Crippen LogP contribution is -2.53. The van der Waals surface area contributed by atoms with Crippen molar-refractivity contribution in [3.05, 3.63) is 93.0 Å². The molecule has 7 nitrogen and oxygen atoms in total. The van der Waals surface area contributed by atoms with Gasteiger partial charge < -0.3 is 15.0 Å². The first-order chi connectivity index (χ1) is 19.3. The Bertz CT molecular complexity index is 1790. The minimum Gasteiger partial charge on any atom is -0.478 e. The van der Waals surface area contributed by atoms with Gasteiger partial charge in [-0.15, -0.1) is 0 Å². The molecule has 8 rings (SSSR count). The summed E-state index contributed by atoms with van der Waals surface area (Å²) in [4.78, 5) is 33.4. The van der Waals surface area contributed by atoms with E-state index >= 15 is 4.39 Å². The Morgan fingerprint density at radius 1 is 1.15 bits per heavy atom. The van der Waals surface area contributed by atoms with Gasteiger partial charge >= 0.3 is 5.97 Å². The molecule has 3 aliphatic heterocycles. The van der Waals surface area contributed by atoms with Gasteiger partial charge in [0.15, 0.2) is 0 Å². The fourth-order valence-corrected chi connectivity index (χ4v) is 7.83. The Balaban J connectivity index is 0.00000276. The molecule has 4 heterocycles. The number of nitrogens with one attached hydrogen (secondary N) is 1. The van der Waals surface area contributed by atoms with E-state index in [1.54, 1.807) is 42.5 Å². The van der Waals surface area contributed by atoms with E-state index < -0.39 is 23.2 Å². The molecule has 1 saturated heterocycles. The van der Waals surface area contributed by atoms with Crippen molar-refractivity contribution in [3.8, 4) is 0 Å². The van der Waals surface area contributed by atoms with E-state index in [1.165, 1.54) is 6.07 Å². The van der Waals surface area contributed by atoms with Crippen LogP contribution in [0, 0.1) is 11.7 Å². The normalized spacial score (nSPS) is 26.1. The van der Waals surface area contributed by atoms with Gasteiger partial charge in [0.25, 0.3) is 0 Å². The third kappa shape index (κ3) is 3.50. The number of likely N-dealkylation sites (tertiary alicyclic amines) is 1. The van der Waals surface area contributed by atoms with Crippen LogP contribution in [0.25, 0.3) is 11.0 Å². The van der Waals surface area contributed by atoms with Crippen molar-refractivity contribution in [2.24, 2.45) is 5.92 Å². The monoisotopic (exact) mass is 592 g/mol. The van der Waals surface area contributed by atoms with Crippen molar-refractivity contribution in [2.45, 2.75) is 50.2 Å². The molecule has 10 heteroatoms. The van der Waals surface area contributed by atoms with E-state index in [2.05, 4.69) is 14.8 Å². The lowest BCUT2D eigenvalue weighted by atomic mass is 9.71. The molecule has 3 aromatic carbocycles. The maximum Gasteiger partial charge on any atom is 0.335 e. The number of fused-ring (bicyclic) bond motifs is 7. The molecule has 1 amide bonds. The van der Waals surface area contributed by atoms with Crippen molar-refractivity contribution in [2.75, 3.05) is 11.9 Å². The quantitative estimate of drug-likeness (QED) is 0.277. The van der Waals surface area contributed by atoms with Gasteiger partial charge in [-0.2, -0.15) is 0 Å². The van der Waals surface area contributed by atoms with E-state index in [0.29, 0.717) is 40.8 Å². The Morgan fingerprint density at radius 2 is 1.95 bits per heavy atom. The maximum atomic E-state index is 16.0. The Kier molecular flexibility index (Phi) is 5.82. The predicted molar refractivity (Wildman–Crippen MR) is 155 cm³/mol. The smallest absolute Gasteiger partial charge is 0.335 e. The van der Waals surface area contributed by atoms with Crippen molar-refractivity contribution < 1.29 is 19.1 Å². The van der Waals surface area contributed by atoms with Gasteiger partial charge in [0, 0.05) is 47.2 Å². The number of carboxylic acid groups (broad SMARTS) is 1. The molecule has 210 valence electrons. The average molecular weight is 593 g/mol. The zero-order valence-corrected chi connectivity index (χ0v) is 22.6. The van der Waals surface area contributed by atoms with E-state index in [9.17, 15) is 14.7 Å². The molecule has 4 atom stereocenters. The third-order valence-corrected chi connectivity index (χ3v) is 9.75. The molecule has 1 aromatic heterocycles. The van der Waals surface area contributed by atoms with Crippen LogP contribution in [0.2, 0.25) is 10.0 Å². The number of nitrogens with zero attached hydrogens (tertiary/aromatic N) is 3. The number of carbonyl (C=O) groups excluding carboxylic acids is 1. The van der Waals surface area contributed by atoms with E-state index in [4.69, 9.17) is 28.2 Å². The molecule has 0 radical (unpaired) electrons. The zero-order chi connectivity index (χ0) is 27.5. The van der Waals surface area contributed by atoms with Crippen LogP contribution in [0.3, 0.4) is 0 Å². The number of carbonyl (C=O) groups is 2. The highest BCUT2D eigenvalue weighted by atomic mass is 35.5. The van der Waals surface area contributed by atoms with E-state index in [0.717, 1.165) is 29.7 Å². The summed E-state index contributed by atoms with van der Waals surface area (Å²) in [6.07, 6.45) is 2.15. The number of carboxylic acids is 1. The van der Waals surface area contributed by atoms with Gasteiger partial charge in [-0.1, -0.05) is 48.8 Å². The SMILES string of the molecule is C.O=C(O)c1ccc2nc3n(c2c1)C[C@H]1[C@@H]3[C@H](c2cccc(Cl)c2F)[C@]2(C(=O)Nc3cc(Cl)ccc32)N1CC1CC1. The van der Waals surface area contributed by atoms with E-state index in [1.807, 2.05) is 6.07 Å². The molecule has 4 aliphatic rings. The number of hydrogen-bond acceptors (Lipinski definition) is 4. The molecule has 4 aromatic rings. The minimum absolute atomic E-state index is 0. The zero-order valence-electron chi connectivity index (χ0n) is 21.1. The Labute approximate surface area is 245 Å². The van der Waals surface area contributed by atoms with Gasteiger partial charge in [-0.05, 0) is 60.7 Å². The van der Waals surface area contributed by atoms with Crippen LogP contribution in [-0.4, -0.2) is 44.0 Å². The first-order valence-electron chi connectivity index (χ1n) is 13.3. The predicted octanol–water partition coefficient (Wildman–Crippen LogP) is 6.64. The number of anilines is 1. The minimum atomic E-state index is -1.20. The molecule has 1 spiro atoms. The first kappa shape index (κ1) is 26.4. The average Bonchev–Trinajstić information content (AvgIpc) is 3.37. The fourth-order valence-electron chi connectivity index (χ4n) is 7.48. The van der Waals surface area contributed by atoms with Crippen molar-refractivity contribution in [1.29, 1.82) is 0 Å².